The van der Waals surface area contributed by atoms with Crippen LogP contribution in [0.3, 0.4) is 0 Å². The van der Waals surface area contributed by atoms with Crippen LogP contribution < -0.4 is 5.32 Å². The fourth-order valence-electron chi connectivity index (χ4n) is 1.63. The Labute approximate surface area is 128 Å². The molecule has 0 radical (unpaired) electrons. The molecular weight excluding hydrogens is 292 g/mol. The molecule has 0 bridgehead atoms. The van der Waals surface area contributed by atoms with E-state index in [2.05, 4.69) is 48.0 Å². The zero-order valence-corrected chi connectivity index (χ0v) is 13.8. The van der Waals surface area contributed by atoms with Crippen LogP contribution in [-0.2, 0) is 5.41 Å². The van der Waals surface area contributed by atoms with E-state index in [1.807, 2.05) is 6.07 Å². The van der Waals surface area contributed by atoms with E-state index in [1.165, 1.54) is 11.3 Å². The van der Waals surface area contributed by atoms with Crippen molar-refractivity contribution in [3.63, 3.8) is 0 Å². The molecule has 4 nitrogen and oxygen atoms in total. The van der Waals surface area contributed by atoms with Crippen molar-refractivity contribution in [3.8, 4) is 10.8 Å². The van der Waals surface area contributed by atoms with Gasteiger partial charge in [0.05, 0.1) is 11.9 Å². The van der Waals surface area contributed by atoms with Gasteiger partial charge in [-0.1, -0.05) is 50.6 Å². The normalized spacial score (nSPS) is 11.7. The highest BCUT2D eigenvalue weighted by Crippen LogP contribution is 2.29. The molecule has 0 unspecified atom stereocenters. The van der Waals surface area contributed by atoms with E-state index in [-0.39, 0.29) is 5.41 Å². The summed E-state index contributed by atoms with van der Waals surface area (Å²) in [5.41, 5.74) is 0.953. The van der Waals surface area contributed by atoms with E-state index in [0.717, 1.165) is 29.5 Å². The lowest BCUT2D eigenvalue weighted by atomic mass is 9.92. The van der Waals surface area contributed by atoms with E-state index in [4.69, 9.17) is 11.6 Å². The van der Waals surface area contributed by atoms with Crippen LogP contribution in [0.1, 0.15) is 39.8 Å². The Morgan fingerprint density at radius 1 is 1.30 bits per heavy atom. The fourth-order valence-corrected chi connectivity index (χ4v) is 2.47. The maximum atomic E-state index is 5.95. The van der Waals surface area contributed by atoms with E-state index in [9.17, 15) is 0 Å². The minimum atomic E-state index is -0.0403. The summed E-state index contributed by atoms with van der Waals surface area (Å²) >= 11 is 7.34. The van der Waals surface area contributed by atoms with Gasteiger partial charge in [0.25, 0.3) is 0 Å². The molecule has 2 rings (SSSR count). The highest BCUT2D eigenvalue weighted by atomic mass is 35.5. The molecule has 2 heterocycles. The Balaban J connectivity index is 2.45. The van der Waals surface area contributed by atoms with Crippen molar-refractivity contribution < 1.29 is 0 Å². The quantitative estimate of drug-likeness (QED) is 0.911. The van der Waals surface area contributed by atoms with Gasteiger partial charge in [0.15, 0.2) is 10.8 Å². The molecule has 0 aliphatic carbocycles. The van der Waals surface area contributed by atoms with Gasteiger partial charge in [0.1, 0.15) is 10.2 Å². The average molecular weight is 311 g/mol. The third-order valence-corrected chi connectivity index (χ3v) is 3.83. The van der Waals surface area contributed by atoms with Crippen molar-refractivity contribution in [1.82, 2.24) is 15.0 Å². The lowest BCUT2D eigenvalue weighted by Crippen LogP contribution is -2.16. The highest BCUT2D eigenvalue weighted by molar-refractivity contribution is 7.18. The van der Waals surface area contributed by atoms with Gasteiger partial charge in [0, 0.05) is 18.0 Å². The van der Waals surface area contributed by atoms with Crippen molar-refractivity contribution >= 4 is 28.8 Å². The summed E-state index contributed by atoms with van der Waals surface area (Å²) in [5, 5.41) is 4.07. The van der Waals surface area contributed by atoms with Gasteiger partial charge in [-0.05, 0) is 6.42 Å². The number of anilines is 1. The predicted octanol–water partition coefficient (Wildman–Crippen LogP) is 4.37. The number of nitrogens with zero attached hydrogens (tertiary/aromatic N) is 3. The van der Waals surface area contributed by atoms with Gasteiger partial charge >= 0.3 is 0 Å². The number of nitrogens with one attached hydrogen (secondary N) is 1. The van der Waals surface area contributed by atoms with Gasteiger partial charge in [-0.15, -0.1) is 0 Å². The predicted molar refractivity (Wildman–Crippen MR) is 85.6 cm³/mol. The number of halogens is 1. The van der Waals surface area contributed by atoms with E-state index in [1.54, 1.807) is 6.20 Å². The Hall–Kier alpha value is -1.20. The molecule has 0 saturated heterocycles. The second-order valence-electron chi connectivity index (χ2n) is 5.61. The molecule has 2 aromatic heterocycles. The summed E-state index contributed by atoms with van der Waals surface area (Å²) in [6, 6.07) is 2.01. The third kappa shape index (κ3) is 3.67. The first-order valence-electron chi connectivity index (χ1n) is 6.65. The lowest BCUT2D eigenvalue weighted by molar-refractivity contribution is 0.568. The fraction of sp³-hybridized carbons (Fsp3) is 0.500. The van der Waals surface area contributed by atoms with Crippen LogP contribution >= 0.6 is 22.9 Å². The average Bonchev–Trinajstić information content (AvgIpc) is 2.82. The van der Waals surface area contributed by atoms with E-state index in [0.29, 0.717) is 10.2 Å². The van der Waals surface area contributed by atoms with Crippen LogP contribution in [0.2, 0.25) is 4.34 Å². The monoisotopic (exact) mass is 310 g/mol. The van der Waals surface area contributed by atoms with Gasteiger partial charge in [-0.3, -0.25) is 0 Å². The topological polar surface area (TPSA) is 50.7 Å². The molecule has 0 saturated carbocycles. The minimum Gasteiger partial charge on any atom is -0.370 e. The van der Waals surface area contributed by atoms with Crippen LogP contribution in [0.4, 0.5) is 5.82 Å². The van der Waals surface area contributed by atoms with Crippen molar-refractivity contribution in [1.29, 1.82) is 0 Å². The SMILES string of the molecule is CCCNc1cc(C(C)(C)C)nc(-c2ncc(Cl)s2)n1. The molecule has 0 aliphatic rings. The van der Waals surface area contributed by atoms with Crippen molar-refractivity contribution in [2.24, 2.45) is 0 Å². The van der Waals surface area contributed by atoms with Crippen LogP contribution in [-0.4, -0.2) is 21.5 Å². The van der Waals surface area contributed by atoms with Crippen molar-refractivity contribution in [2.45, 2.75) is 39.5 Å². The Morgan fingerprint density at radius 3 is 2.60 bits per heavy atom. The highest BCUT2D eigenvalue weighted by Gasteiger charge is 2.19. The third-order valence-electron chi connectivity index (χ3n) is 2.72. The first-order valence-corrected chi connectivity index (χ1v) is 7.84. The number of thiazole rings is 1. The second-order valence-corrected chi connectivity index (χ2v) is 7.27. The number of hydrogen-bond acceptors (Lipinski definition) is 5. The Kier molecular flexibility index (Phi) is 4.60. The van der Waals surface area contributed by atoms with Crippen LogP contribution in [0.5, 0.6) is 0 Å². The molecule has 0 spiro atoms. The summed E-state index contributed by atoms with van der Waals surface area (Å²) in [5.74, 6) is 1.47. The Morgan fingerprint density at radius 2 is 2.05 bits per heavy atom. The maximum Gasteiger partial charge on any atom is 0.190 e. The van der Waals surface area contributed by atoms with Crippen LogP contribution in [0.25, 0.3) is 10.8 Å². The number of rotatable bonds is 4. The van der Waals surface area contributed by atoms with Gasteiger partial charge < -0.3 is 5.32 Å². The maximum absolute atomic E-state index is 5.95. The van der Waals surface area contributed by atoms with Gasteiger partial charge in [0.2, 0.25) is 0 Å². The van der Waals surface area contributed by atoms with E-state index >= 15 is 0 Å². The number of hydrogen-bond donors (Lipinski definition) is 1. The zero-order chi connectivity index (χ0) is 14.8. The molecule has 2 aromatic rings. The molecule has 0 aromatic carbocycles. The summed E-state index contributed by atoms with van der Waals surface area (Å²) in [7, 11) is 0. The zero-order valence-electron chi connectivity index (χ0n) is 12.2. The summed E-state index contributed by atoms with van der Waals surface area (Å²) in [4.78, 5) is 13.4. The summed E-state index contributed by atoms with van der Waals surface area (Å²) < 4.78 is 0.646. The van der Waals surface area contributed by atoms with Gasteiger partial charge in [-0.2, -0.15) is 0 Å². The molecule has 0 atom stereocenters. The molecule has 0 amide bonds. The number of aromatic nitrogens is 3. The Bertz CT molecular complexity index is 589. The first kappa shape index (κ1) is 15.2. The van der Waals surface area contributed by atoms with Crippen molar-refractivity contribution in [2.75, 3.05) is 11.9 Å². The van der Waals surface area contributed by atoms with Crippen molar-refractivity contribution in [3.05, 3.63) is 22.3 Å². The van der Waals surface area contributed by atoms with Crippen LogP contribution in [0.15, 0.2) is 12.3 Å². The molecule has 1 N–H and O–H groups in total. The second kappa shape index (κ2) is 6.06. The smallest absolute Gasteiger partial charge is 0.190 e. The van der Waals surface area contributed by atoms with Gasteiger partial charge in [-0.25, -0.2) is 15.0 Å². The molecule has 0 aliphatic heterocycles. The molecule has 108 valence electrons. The van der Waals surface area contributed by atoms with E-state index < -0.39 is 0 Å². The standard InChI is InChI=1S/C14H19ClN4S/c1-5-6-16-11-7-9(14(2,3)4)18-12(19-11)13-17-8-10(15)20-13/h7-8H,5-6H2,1-4H3,(H,16,18,19). The molecule has 20 heavy (non-hydrogen) atoms. The summed E-state index contributed by atoms with van der Waals surface area (Å²) in [6.07, 6.45) is 2.68. The minimum absolute atomic E-state index is 0.0403. The molecule has 0 fully saturated rings. The molecule has 6 heteroatoms. The lowest BCUT2D eigenvalue weighted by Gasteiger charge is -2.19. The first-order chi connectivity index (χ1) is 9.40. The molecular formula is C14H19ClN4S. The van der Waals surface area contributed by atoms with Crippen LogP contribution in [0, 0.1) is 0 Å². The largest absolute Gasteiger partial charge is 0.370 e. The summed E-state index contributed by atoms with van der Waals surface area (Å²) in [6.45, 7) is 9.42.